The van der Waals surface area contributed by atoms with E-state index in [9.17, 15) is 0 Å². The summed E-state index contributed by atoms with van der Waals surface area (Å²) in [6, 6.07) is 6.27. The quantitative estimate of drug-likeness (QED) is 0.692. The van der Waals surface area contributed by atoms with Gasteiger partial charge in [-0.3, -0.25) is 0 Å². The molecule has 0 saturated heterocycles. The van der Waals surface area contributed by atoms with E-state index in [1.165, 1.54) is 11.1 Å². The molecule has 1 aliphatic heterocycles. The van der Waals surface area contributed by atoms with E-state index in [-0.39, 0.29) is 5.60 Å². The van der Waals surface area contributed by atoms with Crippen LogP contribution in [0.3, 0.4) is 0 Å². The molecule has 74 valence electrons. The molecule has 2 rings (SSSR count). The van der Waals surface area contributed by atoms with Crippen LogP contribution < -0.4 is 4.74 Å². The summed E-state index contributed by atoms with van der Waals surface area (Å²) in [4.78, 5) is 0. The van der Waals surface area contributed by atoms with E-state index in [4.69, 9.17) is 4.74 Å². The Morgan fingerprint density at radius 2 is 2.14 bits per heavy atom. The van der Waals surface area contributed by atoms with Crippen LogP contribution in [0.25, 0.3) is 6.08 Å². The van der Waals surface area contributed by atoms with Gasteiger partial charge in [0.1, 0.15) is 11.4 Å². The van der Waals surface area contributed by atoms with Gasteiger partial charge in [-0.15, -0.1) is 0 Å². The number of alkyl halides is 1. The number of benzene rings is 1. The average Bonchev–Trinajstić information content (AvgIpc) is 2.16. The van der Waals surface area contributed by atoms with E-state index in [1.807, 2.05) is 6.07 Å². The average molecular weight is 253 g/mol. The van der Waals surface area contributed by atoms with Gasteiger partial charge in [-0.25, -0.2) is 0 Å². The van der Waals surface area contributed by atoms with Gasteiger partial charge in [0.05, 0.1) is 0 Å². The van der Waals surface area contributed by atoms with Gasteiger partial charge in [-0.2, -0.15) is 0 Å². The Labute approximate surface area is 92.9 Å². The van der Waals surface area contributed by atoms with Gasteiger partial charge in [-0.05, 0) is 37.6 Å². The first kappa shape index (κ1) is 9.78. The van der Waals surface area contributed by atoms with Crippen LogP contribution in [0.5, 0.6) is 5.75 Å². The minimum Gasteiger partial charge on any atom is -0.483 e. The molecule has 0 spiro atoms. The van der Waals surface area contributed by atoms with Crippen molar-refractivity contribution in [1.82, 2.24) is 0 Å². The lowest BCUT2D eigenvalue weighted by Gasteiger charge is -2.27. The molecule has 0 bridgehead atoms. The molecule has 0 N–H and O–H groups in total. The van der Waals surface area contributed by atoms with E-state index >= 15 is 0 Å². The van der Waals surface area contributed by atoms with E-state index < -0.39 is 0 Å². The molecule has 2 heteroatoms. The molecule has 0 unspecified atom stereocenters. The highest BCUT2D eigenvalue weighted by atomic mass is 79.9. The normalized spacial score (nSPS) is 17.4. The third-order valence-corrected chi connectivity index (χ3v) is 2.91. The van der Waals surface area contributed by atoms with Crippen molar-refractivity contribution < 1.29 is 4.74 Å². The molecule has 0 saturated carbocycles. The van der Waals surface area contributed by atoms with Crippen molar-refractivity contribution in [3.8, 4) is 5.75 Å². The van der Waals surface area contributed by atoms with Crippen molar-refractivity contribution in [1.29, 1.82) is 0 Å². The summed E-state index contributed by atoms with van der Waals surface area (Å²) in [6.07, 6.45) is 4.22. The second kappa shape index (κ2) is 3.43. The van der Waals surface area contributed by atoms with E-state index in [0.717, 1.165) is 11.1 Å². The molecule has 14 heavy (non-hydrogen) atoms. The summed E-state index contributed by atoms with van der Waals surface area (Å²) >= 11 is 3.44. The number of hydrogen-bond acceptors (Lipinski definition) is 1. The third kappa shape index (κ3) is 1.85. The molecular formula is C12H13BrO. The molecule has 1 aliphatic rings. The van der Waals surface area contributed by atoms with Crippen molar-refractivity contribution in [2.45, 2.75) is 24.8 Å². The van der Waals surface area contributed by atoms with Gasteiger partial charge in [0, 0.05) is 10.9 Å². The molecule has 0 aliphatic carbocycles. The molecule has 1 nitrogen and oxygen atoms in total. The minimum absolute atomic E-state index is 0.178. The zero-order valence-electron chi connectivity index (χ0n) is 8.38. The molecular weight excluding hydrogens is 240 g/mol. The van der Waals surface area contributed by atoms with Crippen LogP contribution in [0.1, 0.15) is 25.0 Å². The maximum absolute atomic E-state index is 5.82. The van der Waals surface area contributed by atoms with Crippen molar-refractivity contribution in [2.75, 3.05) is 0 Å². The summed E-state index contributed by atoms with van der Waals surface area (Å²) in [5.74, 6) is 0.974. The highest BCUT2D eigenvalue weighted by Gasteiger charge is 2.21. The maximum atomic E-state index is 5.82. The third-order valence-electron chi connectivity index (χ3n) is 2.27. The largest absolute Gasteiger partial charge is 0.483 e. The predicted molar refractivity (Wildman–Crippen MR) is 62.8 cm³/mol. The molecule has 0 amide bonds. The molecule has 1 aromatic carbocycles. The van der Waals surface area contributed by atoms with Crippen LogP contribution in [-0.4, -0.2) is 5.60 Å². The minimum atomic E-state index is -0.178. The first-order valence-corrected chi connectivity index (χ1v) is 5.80. The second-order valence-electron chi connectivity index (χ2n) is 4.04. The summed E-state index contributed by atoms with van der Waals surface area (Å²) in [5, 5.41) is 0.886. The zero-order chi connectivity index (χ0) is 10.2. The molecule has 0 atom stereocenters. The van der Waals surface area contributed by atoms with Gasteiger partial charge >= 0.3 is 0 Å². The van der Waals surface area contributed by atoms with Crippen LogP contribution in [-0.2, 0) is 5.33 Å². The van der Waals surface area contributed by atoms with Crippen molar-refractivity contribution in [2.24, 2.45) is 0 Å². The van der Waals surface area contributed by atoms with Crippen LogP contribution in [0.4, 0.5) is 0 Å². The number of halogens is 1. The Balaban J connectivity index is 2.41. The smallest absolute Gasteiger partial charge is 0.127 e. The van der Waals surface area contributed by atoms with Crippen LogP contribution in [0.2, 0.25) is 0 Å². The Bertz CT molecular complexity index is 380. The van der Waals surface area contributed by atoms with Crippen LogP contribution in [0.15, 0.2) is 24.3 Å². The Hall–Kier alpha value is -0.760. The molecule has 1 aromatic rings. The fourth-order valence-corrected chi connectivity index (χ4v) is 1.86. The topological polar surface area (TPSA) is 9.23 Å². The second-order valence-corrected chi connectivity index (χ2v) is 4.61. The van der Waals surface area contributed by atoms with Crippen molar-refractivity contribution in [3.05, 3.63) is 35.4 Å². The van der Waals surface area contributed by atoms with Gasteiger partial charge in [0.2, 0.25) is 0 Å². The molecule has 1 heterocycles. The summed E-state index contributed by atoms with van der Waals surface area (Å²) in [6.45, 7) is 4.12. The molecule has 0 aromatic heterocycles. The highest BCUT2D eigenvalue weighted by Crippen LogP contribution is 2.31. The van der Waals surface area contributed by atoms with Crippen molar-refractivity contribution >= 4 is 22.0 Å². The summed E-state index contributed by atoms with van der Waals surface area (Å²) in [5.41, 5.74) is 2.26. The fourth-order valence-electron chi connectivity index (χ4n) is 1.51. The predicted octanol–water partition coefficient (Wildman–Crippen LogP) is 3.77. The highest BCUT2D eigenvalue weighted by molar-refractivity contribution is 9.08. The SMILES string of the molecule is CC1(C)C=Cc2cc(CBr)ccc2O1. The van der Waals surface area contributed by atoms with E-state index in [2.05, 4.69) is 54.1 Å². The molecule has 0 radical (unpaired) electrons. The Morgan fingerprint density at radius 1 is 1.36 bits per heavy atom. The van der Waals surface area contributed by atoms with E-state index in [0.29, 0.717) is 0 Å². The maximum Gasteiger partial charge on any atom is 0.127 e. The number of ether oxygens (including phenoxy) is 1. The number of rotatable bonds is 1. The van der Waals surface area contributed by atoms with Gasteiger partial charge in [-0.1, -0.05) is 28.1 Å². The Morgan fingerprint density at radius 3 is 2.86 bits per heavy atom. The summed E-state index contributed by atoms with van der Waals surface area (Å²) < 4.78 is 5.82. The number of hydrogen-bond donors (Lipinski definition) is 0. The monoisotopic (exact) mass is 252 g/mol. The first-order chi connectivity index (χ1) is 6.61. The lowest BCUT2D eigenvalue weighted by atomic mass is 10.0. The van der Waals surface area contributed by atoms with Gasteiger partial charge in [0.25, 0.3) is 0 Å². The molecule has 0 fully saturated rings. The lowest BCUT2D eigenvalue weighted by molar-refractivity contribution is 0.159. The summed E-state index contributed by atoms with van der Waals surface area (Å²) in [7, 11) is 0. The van der Waals surface area contributed by atoms with Crippen LogP contribution >= 0.6 is 15.9 Å². The fraction of sp³-hybridized carbons (Fsp3) is 0.333. The number of fused-ring (bicyclic) bond motifs is 1. The lowest BCUT2D eigenvalue weighted by Crippen LogP contribution is -2.27. The first-order valence-electron chi connectivity index (χ1n) is 4.68. The van der Waals surface area contributed by atoms with Gasteiger partial charge in [0.15, 0.2) is 0 Å². The van der Waals surface area contributed by atoms with Gasteiger partial charge < -0.3 is 4.74 Å². The Kier molecular flexibility index (Phi) is 2.40. The van der Waals surface area contributed by atoms with E-state index in [1.54, 1.807) is 0 Å². The van der Waals surface area contributed by atoms with Crippen molar-refractivity contribution in [3.63, 3.8) is 0 Å². The zero-order valence-corrected chi connectivity index (χ0v) is 9.97. The standard InChI is InChI=1S/C12H13BrO/c1-12(2)6-5-10-7-9(8-13)3-4-11(10)14-12/h3-7H,8H2,1-2H3. The van der Waals surface area contributed by atoms with Crippen LogP contribution in [0, 0.1) is 0 Å².